The highest BCUT2D eigenvalue weighted by Gasteiger charge is 2.19. The third kappa shape index (κ3) is 4.54. The van der Waals surface area contributed by atoms with Crippen molar-refractivity contribution in [1.29, 1.82) is 0 Å². The Hall–Kier alpha value is -2.79. The van der Waals surface area contributed by atoms with Gasteiger partial charge in [-0.3, -0.25) is 0 Å². The number of anilines is 3. The summed E-state index contributed by atoms with van der Waals surface area (Å²) in [6, 6.07) is 20.5. The number of nitrogens with one attached hydrogen (secondary N) is 1. The molecule has 3 aromatic rings. The molecular weight excluding hydrogens is 370 g/mol. The van der Waals surface area contributed by atoms with Crippen molar-refractivity contribution in [3.63, 3.8) is 0 Å². The van der Waals surface area contributed by atoms with E-state index in [1.807, 2.05) is 31.2 Å². The van der Waals surface area contributed by atoms with Crippen LogP contribution in [0.1, 0.15) is 11.3 Å². The fraction of sp³-hybridized carbons (Fsp3) is 0.273. The van der Waals surface area contributed by atoms with E-state index in [2.05, 4.69) is 56.5 Å². The van der Waals surface area contributed by atoms with Gasteiger partial charge in [0.15, 0.2) is 0 Å². The van der Waals surface area contributed by atoms with Gasteiger partial charge in [0.05, 0.1) is 0 Å². The summed E-state index contributed by atoms with van der Waals surface area (Å²) in [5.74, 6) is 1.65. The Labute approximate surface area is 171 Å². The Morgan fingerprint density at radius 1 is 0.893 bits per heavy atom. The maximum atomic E-state index is 5.95. The molecule has 0 bridgehead atoms. The lowest BCUT2D eigenvalue weighted by molar-refractivity contribution is 0.646. The van der Waals surface area contributed by atoms with Crippen LogP contribution in [0.25, 0.3) is 0 Å². The number of aromatic nitrogens is 2. The average Bonchev–Trinajstić information content (AvgIpc) is 2.74. The molecule has 1 saturated heterocycles. The van der Waals surface area contributed by atoms with E-state index in [0.717, 1.165) is 48.3 Å². The Morgan fingerprint density at radius 3 is 2.29 bits per heavy atom. The van der Waals surface area contributed by atoms with Crippen molar-refractivity contribution in [2.45, 2.75) is 13.5 Å². The Bertz CT molecular complexity index is 906. The molecule has 0 aliphatic carbocycles. The molecule has 5 nitrogen and oxygen atoms in total. The third-order valence-electron chi connectivity index (χ3n) is 4.93. The number of para-hydroxylation sites is 1. The fourth-order valence-corrected chi connectivity index (χ4v) is 3.53. The van der Waals surface area contributed by atoms with Gasteiger partial charge in [-0.25, -0.2) is 4.98 Å². The third-order valence-corrected chi connectivity index (χ3v) is 5.18. The lowest BCUT2D eigenvalue weighted by Gasteiger charge is -2.36. The van der Waals surface area contributed by atoms with E-state index in [1.165, 1.54) is 5.69 Å². The first-order chi connectivity index (χ1) is 13.7. The maximum absolute atomic E-state index is 5.95. The molecule has 0 amide bonds. The standard InChI is InChI=1S/C22H24ClN5/c1-17-15-21(26-22(25-17)24-16-18-7-9-19(23)10-8-18)28-13-11-27(12-14-28)20-5-3-2-4-6-20/h2-10,15H,11-14,16H2,1H3,(H,24,25,26). The lowest BCUT2D eigenvalue weighted by atomic mass is 10.2. The second-order valence-corrected chi connectivity index (χ2v) is 7.42. The zero-order valence-corrected chi connectivity index (χ0v) is 16.7. The van der Waals surface area contributed by atoms with Gasteiger partial charge in [0.25, 0.3) is 0 Å². The molecule has 0 spiro atoms. The molecule has 144 valence electrons. The van der Waals surface area contributed by atoms with Gasteiger partial charge in [0.1, 0.15) is 5.82 Å². The molecule has 1 aliphatic rings. The van der Waals surface area contributed by atoms with Gasteiger partial charge in [-0.2, -0.15) is 4.98 Å². The Kier molecular flexibility index (Phi) is 5.63. The largest absolute Gasteiger partial charge is 0.368 e. The Morgan fingerprint density at radius 2 is 1.57 bits per heavy atom. The van der Waals surface area contributed by atoms with Crippen molar-refractivity contribution in [3.8, 4) is 0 Å². The monoisotopic (exact) mass is 393 g/mol. The topological polar surface area (TPSA) is 44.3 Å². The summed E-state index contributed by atoms with van der Waals surface area (Å²) < 4.78 is 0. The molecule has 4 rings (SSSR count). The summed E-state index contributed by atoms with van der Waals surface area (Å²) in [4.78, 5) is 14.0. The van der Waals surface area contributed by atoms with Gasteiger partial charge in [-0.1, -0.05) is 41.9 Å². The summed E-state index contributed by atoms with van der Waals surface area (Å²) in [6.07, 6.45) is 0. The number of nitrogens with zero attached hydrogens (tertiary/aromatic N) is 4. The van der Waals surface area contributed by atoms with Gasteiger partial charge in [-0.15, -0.1) is 0 Å². The van der Waals surface area contributed by atoms with E-state index in [-0.39, 0.29) is 0 Å². The first-order valence-electron chi connectivity index (χ1n) is 9.56. The number of hydrogen-bond acceptors (Lipinski definition) is 5. The van der Waals surface area contributed by atoms with Crippen LogP contribution in [0.4, 0.5) is 17.5 Å². The highest BCUT2D eigenvalue weighted by molar-refractivity contribution is 6.30. The summed E-state index contributed by atoms with van der Waals surface area (Å²) in [7, 11) is 0. The van der Waals surface area contributed by atoms with Gasteiger partial charge in [-0.05, 0) is 36.8 Å². The summed E-state index contributed by atoms with van der Waals surface area (Å²) in [5.41, 5.74) is 3.40. The number of piperazine rings is 1. The first kappa shape index (κ1) is 18.6. The van der Waals surface area contributed by atoms with Crippen LogP contribution in [-0.4, -0.2) is 36.1 Å². The predicted octanol–water partition coefficient (Wildman–Crippen LogP) is 4.38. The van der Waals surface area contributed by atoms with Gasteiger partial charge in [0, 0.05) is 55.2 Å². The molecule has 2 heterocycles. The minimum Gasteiger partial charge on any atom is -0.368 e. The average molecular weight is 394 g/mol. The second kappa shape index (κ2) is 8.48. The van der Waals surface area contributed by atoms with Crippen LogP contribution in [-0.2, 0) is 6.54 Å². The normalized spacial score (nSPS) is 14.2. The number of halogens is 1. The second-order valence-electron chi connectivity index (χ2n) is 6.98. The minimum atomic E-state index is 0.662. The Balaban J connectivity index is 1.40. The van der Waals surface area contributed by atoms with E-state index >= 15 is 0 Å². The molecule has 1 N–H and O–H groups in total. The van der Waals surface area contributed by atoms with E-state index < -0.39 is 0 Å². The van der Waals surface area contributed by atoms with Crippen LogP contribution in [0, 0.1) is 6.92 Å². The van der Waals surface area contributed by atoms with E-state index in [4.69, 9.17) is 16.6 Å². The van der Waals surface area contributed by atoms with Crippen LogP contribution in [0.3, 0.4) is 0 Å². The van der Waals surface area contributed by atoms with Crippen molar-refractivity contribution < 1.29 is 0 Å². The molecule has 0 atom stereocenters. The van der Waals surface area contributed by atoms with Gasteiger partial charge < -0.3 is 15.1 Å². The van der Waals surface area contributed by atoms with Crippen LogP contribution in [0.2, 0.25) is 5.02 Å². The van der Waals surface area contributed by atoms with Gasteiger partial charge in [0.2, 0.25) is 5.95 Å². The molecule has 2 aromatic carbocycles. The number of hydrogen-bond donors (Lipinski definition) is 1. The number of rotatable bonds is 5. The highest BCUT2D eigenvalue weighted by Crippen LogP contribution is 2.21. The molecule has 1 aromatic heterocycles. The molecule has 1 aliphatic heterocycles. The molecule has 0 unspecified atom stereocenters. The highest BCUT2D eigenvalue weighted by atomic mass is 35.5. The molecular formula is C22H24ClN5. The molecule has 1 fully saturated rings. The van der Waals surface area contributed by atoms with Crippen LogP contribution in [0.5, 0.6) is 0 Å². The smallest absolute Gasteiger partial charge is 0.225 e. The number of benzene rings is 2. The number of aryl methyl sites for hydroxylation is 1. The van der Waals surface area contributed by atoms with Crippen molar-refractivity contribution in [2.75, 3.05) is 41.3 Å². The zero-order chi connectivity index (χ0) is 19.3. The molecule has 0 radical (unpaired) electrons. The van der Waals surface area contributed by atoms with Crippen LogP contribution < -0.4 is 15.1 Å². The van der Waals surface area contributed by atoms with Crippen LogP contribution >= 0.6 is 11.6 Å². The van der Waals surface area contributed by atoms with Crippen molar-refractivity contribution in [3.05, 3.63) is 76.9 Å². The molecule has 28 heavy (non-hydrogen) atoms. The summed E-state index contributed by atoms with van der Waals surface area (Å²) >= 11 is 5.95. The zero-order valence-electron chi connectivity index (χ0n) is 16.0. The lowest BCUT2D eigenvalue weighted by Crippen LogP contribution is -2.46. The predicted molar refractivity (Wildman–Crippen MR) is 116 cm³/mol. The molecule has 6 heteroatoms. The van der Waals surface area contributed by atoms with Crippen molar-refractivity contribution in [2.24, 2.45) is 0 Å². The fourth-order valence-electron chi connectivity index (χ4n) is 3.41. The van der Waals surface area contributed by atoms with Crippen molar-refractivity contribution in [1.82, 2.24) is 9.97 Å². The summed E-state index contributed by atoms with van der Waals surface area (Å²) in [5, 5.41) is 4.08. The van der Waals surface area contributed by atoms with Gasteiger partial charge >= 0.3 is 0 Å². The van der Waals surface area contributed by atoms with E-state index in [0.29, 0.717) is 12.5 Å². The minimum absolute atomic E-state index is 0.662. The maximum Gasteiger partial charge on any atom is 0.225 e. The van der Waals surface area contributed by atoms with Crippen LogP contribution in [0.15, 0.2) is 60.7 Å². The van der Waals surface area contributed by atoms with Crippen molar-refractivity contribution >= 4 is 29.1 Å². The van der Waals surface area contributed by atoms with E-state index in [9.17, 15) is 0 Å². The first-order valence-corrected chi connectivity index (χ1v) is 9.94. The quantitative estimate of drug-likeness (QED) is 0.697. The SMILES string of the molecule is Cc1cc(N2CCN(c3ccccc3)CC2)nc(NCc2ccc(Cl)cc2)n1. The van der Waals surface area contributed by atoms with E-state index in [1.54, 1.807) is 0 Å². The summed E-state index contributed by atoms with van der Waals surface area (Å²) in [6.45, 7) is 6.55. The molecule has 0 saturated carbocycles.